The van der Waals surface area contributed by atoms with Crippen LogP contribution in [0.1, 0.15) is 36.5 Å². The molecule has 0 unspecified atom stereocenters. The Bertz CT molecular complexity index is 1090. The molecule has 25 heavy (non-hydrogen) atoms. The normalized spacial score (nSPS) is 12.0. The van der Waals surface area contributed by atoms with Crippen LogP contribution in [0.4, 0.5) is 5.69 Å². The molecule has 2 heterocycles. The van der Waals surface area contributed by atoms with Crippen LogP contribution in [-0.2, 0) is 7.05 Å². The summed E-state index contributed by atoms with van der Waals surface area (Å²) >= 11 is 0. The van der Waals surface area contributed by atoms with Crippen LogP contribution in [0.25, 0.3) is 26.9 Å². The van der Waals surface area contributed by atoms with Gasteiger partial charge in [0.25, 0.3) is 0 Å². The SMILES string of the molecule is [C-]#[N+]c1cc[n+](C)c2c1Oc1cc(C(C)C)cc3cc(C)c(C)c-2c13. The van der Waals surface area contributed by atoms with E-state index >= 15 is 0 Å². The molecule has 1 aliphatic rings. The van der Waals surface area contributed by atoms with Gasteiger partial charge in [-0.2, -0.15) is 0 Å². The second kappa shape index (κ2) is 5.32. The zero-order valence-electron chi connectivity index (χ0n) is 15.3. The van der Waals surface area contributed by atoms with Crippen LogP contribution in [0.15, 0.2) is 30.5 Å². The number of aryl methyl sites for hydroxylation is 2. The van der Waals surface area contributed by atoms with E-state index in [1.54, 1.807) is 0 Å². The van der Waals surface area contributed by atoms with Gasteiger partial charge in [0.2, 0.25) is 17.1 Å². The molecule has 124 valence electrons. The summed E-state index contributed by atoms with van der Waals surface area (Å²) in [6.07, 6.45) is 1.94. The Morgan fingerprint density at radius 3 is 2.60 bits per heavy atom. The lowest BCUT2D eigenvalue weighted by molar-refractivity contribution is -0.660. The molecule has 3 nitrogen and oxygen atoms in total. The fourth-order valence-electron chi connectivity index (χ4n) is 3.68. The molecule has 2 aromatic carbocycles. The molecular weight excluding hydrogens is 308 g/mol. The number of aromatic nitrogens is 1. The average molecular weight is 329 g/mol. The Morgan fingerprint density at radius 2 is 1.92 bits per heavy atom. The smallest absolute Gasteiger partial charge is 0.245 e. The van der Waals surface area contributed by atoms with Crippen molar-refractivity contribution in [3.05, 3.63) is 58.6 Å². The summed E-state index contributed by atoms with van der Waals surface area (Å²) in [5.41, 5.74) is 6.50. The predicted molar refractivity (Wildman–Crippen MR) is 100 cm³/mol. The standard InChI is InChI=1S/C22H21N2O/c1-12(2)15-10-16-9-13(3)14(4)19-20(16)18(11-15)25-22-17(23-5)7-8-24(6)21(19)22/h7-12H,1-4,6H3/q+1. The third-order valence-corrected chi connectivity index (χ3v) is 5.24. The number of hydrogen-bond acceptors (Lipinski definition) is 1. The Balaban J connectivity index is 2.22. The minimum absolute atomic E-state index is 0.419. The van der Waals surface area contributed by atoms with Crippen molar-refractivity contribution in [3.8, 4) is 22.8 Å². The molecule has 0 bridgehead atoms. The average Bonchev–Trinajstić information content (AvgIpc) is 2.58. The topological polar surface area (TPSA) is 17.5 Å². The summed E-state index contributed by atoms with van der Waals surface area (Å²) < 4.78 is 8.36. The third-order valence-electron chi connectivity index (χ3n) is 5.24. The van der Waals surface area contributed by atoms with Crippen molar-refractivity contribution >= 4 is 16.5 Å². The predicted octanol–water partition coefficient (Wildman–Crippen LogP) is 5.73. The van der Waals surface area contributed by atoms with E-state index in [4.69, 9.17) is 11.3 Å². The van der Waals surface area contributed by atoms with Gasteiger partial charge in [0, 0.05) is 11.5 Å². The molecular formula is C22H21N2O+. The van der Waals surface area contributed by atoms with Gasteiger partial charge in [-0.1, -0.05) is 26.0 Å². The van der Waals surface area contributed by atoms with Crippen molar-refractivity contribution in [2.75, 3.05) is 0 Å². The van der Waals surface area contributed by atoms with Crippen LogP contribution >= 0.6 is 0 Å². The number of hydrogen-bond donors (Lipinski definition) is 0. The van der Waals surface area contributed by atoms with E-state index in [1.807, 2.05) is 19.3 Å². The minimum Gasteiger partial charge on any atom is -0.461 e. The second-order valence-corrected chi connectivity index (χ2v) is 7.17. The number of pyridine rings is 1. The highest BCUT2D eigenvalue weighted by Crippen LogP contribution is 2.51. The quantitative estimate of drug-likeness (QED) is 0.322. The summed E-state index contributed by atoms with van der Waals surface area (Å²) in [5.74, 6) is 1.95. The zero-order chi connectivity index (χ0) is 17.9. The maximum Gasteiger partial charge on any atom is 0.245 e. The Kier molecular flexibility index (Phi) is 3.33. The van der Waals surface area contributed by atoms with Crippen molar-refractivity contribution in [2.24, 2.45) is 7.05 Å². The van der Waals surface area contributed by atoms with Gasteiger partial charge in [-0.05, 0) is 47.9 Å². The molecule has 0 saturated heterocycles. The Labute approximate surface area is 148 Å². The minimum atomic E-state index is 0.419. The summed E-state index contributed by atoms with van der Waals surface area (Å²) in [6.45, 7) is 16.2. The molecule has 0 atom stereocenters. The van der Waals surface area contributed by atoms with E-state index in [9.17, 15) is 0 Å². The highest BCUT2D eigenvalue weighted by atomic mass is 16.5. The molecule has 0 aliphatic carbocycles. The summed E-state index contributed by atoms with van der Waals surface area (Å²) in [4.78, 5) is 3.68. The number of fused-ring (bicyclic) bond motifs is 2. The van der Waals surface area contributed by atoms with E-state index in [0.717, 1.165) is 16.8 Å². The van der Waals surface area contributed by atoms with Gasteiger partial charge in [0.1, 0.15) is 12.8 Å². The van der Waals surface area contributed by atoms with E-state index in [-0.39, 0.29) is 0 Å². The van der Waals surface area contributed by atoms with Gasteiger partial charge in [-0.25, -0.2) is 9.41 Å². The first-order valence-corrected chi connectivity index (χ1v) is 8.58. The van der Waals surface area contributed by atoms with Crippen molar-refractivity contribution in [3.63, 3.8) is 0 Å². The fraction of sp³-hybridized carbons (Fsp3) is 0.273. The van der Waals surface area contributed by atoms with Crippen LogP contribution in [0.5, 0.6) is 11.5 Å². The number of nitrogens with zero attached hydrogens (tertiary/aromatic N) is 2. The summed E-state index contributed by atoms with van der Waals surface area (Å²) in [7, 11) is 2.01. The van der Waals surface area contributed by atoms with Gasteiger partial charge in [0.05, 0.1) is 12.1 Å². The van der Waals surface area contributed by atoms with Crippen LogP contribution in [-0.4, -0.2) is 0 Å². The largest absolute Gasteiger partial charge is 0.461 e. The van der Waals surface area contributed by atoms with Gasteiger partial charge >= 0.3 is 0 Å². The maximum absolute atomic E-state index is 7.53. The lowest BCUT2D eigenvalue weighted by Gasteiger charge is -2.24. The second-order valence-electron chi connectivity index (χ2n) is 7.17. The number of ether oxygens (including phenoxy) is 1. The van der Waals surface area contributed by atoms with Crippen LogP contribution in [0, 0.1) is 20.4 Å². The molecule has 3 aromatic rings. The molecule has 1 aliphatic heterocycles. The van der Waals surface area contributed by atoms with Crippen molar-refractivity contribution < 1.29 is 9.30 Å². The third kappa shape index (κ3) is 2.14. The lowest BCUT2D eigenvalue weighted by atomic mass is 9.88. The zero-order valence-corrected chi connectivity index (χ0v) is 15.3. The van der Waals surface area contributed by atoms with E-state index in [2.05, 4.69) is 55.3 Å². The van der Waals surface area contributed by atoms with Crippen LogP contribution < -0.4 is 9.30 Å². The summed E-state index contributed by atoms with van der Waals surface area (Å²) in [5, 5.41) is 2.36. The molecule has 0 fully saturated rings. The van der Waals surface area contributed by atoms with Gasteiger partial charge in [-0.3, -0.25) is 0 Å². The van der Waals surface area contributed by atoms with Gasteiger partial charge in [-0.15, -0.1) is 0 Å². The first-order chi connectivity index (χ1) is 11.9. The molecule has 4 rings (SSSR count). The van der Waals surface area contributed by atoms with Crippen molar-refractivity contribution in [1.29, 1.82) is 0 Å². The molecule has 0 spiro atoms. The number of rotatable bonds is 1. The highest BCUT2D eigenvalue weighted by molar-refractivity contribution is 6.05. The molecule has 0 radical (unpaired) electrons. The van der Waals surface area contributed by atoms with Crippen LogP contribution in [0.2, 0.25) is 0 Å². The highest BCUT2D eigenvalue weighted by Gasteiger charge is 2.32. The molecule has 0 amide bonds. The van der Waals surface area contributed by atoms with Gasteiger partial charge in [0.15, 0.2) is 6.20 Å². The van der Waals surface area contributed by atoms with E-state index < -0.39 is 0 Å². The maximum atomic E-state index is 7.53. The van der Waals surface area contributed by atoms with Crippen molar-refractivity contribution in [1.82, 2.24) is 0 Å². The first kappa shape index (κ1) is 15.7. The Hall–Kier alpha value is -2.86. The van der Waals surface area contributed by atoms with E-state index in [0.29, 0.717) is 17.4 Å². The fourth-order valence-corrected chi connectivity index (χ4v) is 3.68. The molecule has 3 heteroatoms. The molecule has 0 saturated carbocycles. The summed E-state index contributed by atoms with van der Waals surface area (Å²) in [6, 6.07) is 8.48. The Morgan fingerprint density at radius 1 is 1.16 bits per heavy atom. The molecule has 0 N–H and O–H groups in total. The van der Waals surface area contributed by atoms with Crippen LogP contribution in [0.3, 0.4) is 0 Å². The number of benzene rings is 2. The molecule has 1 aromatic heterocycles. The van der Waals surface area contributed by atoms with E-state index in [1.165, 1.54) is 27.6 Å². The van der Waals surface area contributed by atoms with Crippen molar-refractivity contribution in [2.45, 2.75) is 33.6 Å². The lowest BCUT2D eigenvalue weighted by Crippen LogP contribution is -2.32. The first-order valence-electron chi connectivity index (χ1n) is 8.58. The van der Waals surface area contributed by atoms with Gasteiger partial charge < -0.3 is 4.74 Å². The monoisotopic (exact) mass is 329 g/mol.